The van der Waals surface area contributed by atoms with Gasteiger partial charge in [0.1, 0.15) is 0 Å². The maximum Gasteiger partial charge on any atom is 0.308 e. The second-order valence-electron chi connectivity index (χ2n) is 5.83. The van der Waals surface area contributed by atoms with E-state index < -0.39 is 11.9 Å². The molecule has 0 aromatic heterocycles. The molecule has 0 spiro atoms. The van der Waals surface area contributed by atoms with Gasteiger partial charge < -0.3 is 24.2 Å². The SMILES string of the molecule is COc1cc(C(=O)N2CC(C(=O)O)CCC2C)cc(OC)c1OC. The molecule has 1 fully saturated rings. The number of benzene rings is 1. The average Bonchev–Trinajstić information content (AvgIpc) is 2.59. The third kappa shape index (κ3) is 3.39. The van der Waals surface area contributed by atoms with Crippen molar-refractivity contribution in [2.45, 2.75) is 25.8 Å². The molecule has 24 heavy (non-hydrogen) atoms. The molecule has 2 atom stereocenters. The Morgan fingerprint density at radius 3 is 2.12 bits per heavy atom. The summed E-state index contributed by atoms with van der Waals surface area (Å²) in [6.45, 7) is 2.12. The lowest BCUT2D eigenvalue weighted by Crippen LogP contribution is -2.47. The molecule has 1 amide bonds. The fourth-order valence-corrected chi connectivity index (χ4v) is 2.96. The number of nitrogens with zero attached hydrogens (tertiary/aromatic N) is 1. The summed E-state index contributed by atoms with van der Waals surface area (Å²) in [7, 11) is 4.46. The number of hydrogen-bond donors (Lipinski definition) is 1. The predicted octanol–water partition coefficient (Wildman–Crippen LogP) is 2.04. The Hall–Kier alpha value is -2.44. The molecule has 1 aliphatic heterocycles. The number of carboxylic acids is 1. The van der Waals surface area contributed by atoms with E-state index in [1.54, 1.807) is 17.0 Å². The van der Waals surface area contributed by atoms with Crippen LogP contribution >= 0.6 is 0 Å². The number of ether oxygens (including phenoxy) is 3. The minimum Gasteiger partial charge on any atom is -0.493 e. The summed E-state index contributed by atoms with van der Waals surface area (Å²) in [4.78, 5) is 25.8. The highest BCUT2D eigenvalue weighted by Crippen LogP contribution is 2.39. The van der Waals surface area contributed by atoms with Gasteiger partial charge in [-0.05, 0) is 31.9 Å². The Kier molecular flexibility index (Phi) is 5.54. The van der Waals surface area contributed by atoms with E-state index in [1.807, 2.05) is 6.92 Å². The van der Waals surface area contributed by atoms with E-state index in [-0.39, 0.29) is 18.5 Å². The monoisotopic (exact) mass is 337 g/mol. The maximum atomic E-state index is 12.9. The summed E-state index contributed by atoms with van der Waals surface area (Å²) >= 11 is 0. The molecule has 7 nitrogen and oxygen atoms in total. The second-order valence-corrected chi connectivity index (χ2v) is 5.83. The van der Waals surface area contributed by atoms with Crippen molar-refractivity contribution >= 4 is 11.9 Å². The van der Waals surface area contributed by atoms with Crippen molar-refractivity contribution in [2.24, 2.45) is 5.92 Å². The summed E-state index contributed by atoms with van der Waals surface area (Å²) in [5.74, 6) is -0.463. The molecule has 1 aliphatic rings. The van der Waals surface area contributed by atoms with Crippen molar-refractivity contribution in [1.82, 2.24) is 4.90 Å². The molecular formula is C17H23NO6. The lowest BCUT2D eigenvalue weighted by atomic mass is 9.93. The van der Waals surface area contributed by atoms with Crippen LogP contribution in [-0.4, -0.2) is 55.8 Å². The van der Waals surface area contributed by atoms with Gasteiger partial charge in [-0.15, -0.1) is 0 Å². The molecule has 0 radical (unpaired) electrons. The average molecular weight is 337 g/mol. The van der Waals surface area contributed by atoms with E-state index in [2.05, 4.69) is 0 Å². The van der Waals surface area contributed by atoms with Crippen LogP contribution in [0.2, 0.25) is 0 Å². The Morgan fingerprint density at radius 2 is 1.67 bits per heavy atom. The summed E-state index contributed by atoms with van der Waals surface area (Å²) in [5, 5.41) is 9.23. The van der Waals surface area contributed by atoms with Crippen LogP contribution in [0.1, 0.15) is 30.1 Å². The summed E-state index contributed by atoms with van der Waals surface area (Å²) in [5.41, 5.74) is 0.377. The molecule has 2 unspecified atom stereocenters. The van der Waals surface area contributed by atoms with Crippen molar-refractivity contribution in [2.75, 3.05) is 27.9 Å². The van der Waals surface area contributed by atoms with Gasteiger partial charge in [-0.3, -0.25) is 9.59 Å². The largest absolute Gasteiger partial charge is 0.493 e. The zero-order valence-corrected chi connectivity index (χ0v) is 14.4. The fourth-order valence-electron chi connectivity index (χ4n) is 2.96. The number of methoxy groups -OCH3 is 3. The van der Waals surface area contributed by atoms with Crippen LogP contribution in [0.25, 0.3) is 0 Å². The van der Waals surface area contributed by atoms with Crippen LogP contribution in [0.4, 0.5) is 0 Å². The van der Waals surface area contributed by atoms with Gasteiger partial charge in [-0.1, -0.05) is 0 Å². The normalized spacial score (nSPS) is 20.4. The lowest BCUT2D eigenvalue weighted by Gasteiger charge is -2.36. The van der Waals surface area contributed by atoms with Crippen LogP contribution in [0.15, 0.2) is 12.1 Å². The first-order valence-corrected chi connectivity index (χ1v) is 7.76. The minimum atomic E-state index is -0.871. The van der Waals surface area contributed by atoms with E-state index in [0.717, 1.165) is 0 Å². The number of aliphatic carboxylic acids is 1. The van der Waals surface area contributed by atoms with Crippen LogP contribution in [0.5, 0.6) is 17.2 Å². The van der Waals surface area contributed by atoms with Crippen LogP contribution in [0, 0.1) is 5.92 Å². The topological polar surface area (TPSA) is 85.3 Å². The zero-order chi connectivity index (χ0) is 17.9. The van der Waals surface area contributed by atoms with Gasteiger partial charge in [0, 0.05) is 18.2 Å². The molecule has 2 rings (SSSR count). The number of amides is 1. The van der Waals surface area contributed by atoms with Gasteiger partial charge in [0.2, 0.25) is 5.75 Å². The third-order valence-corrected chi connectivity index (χ3v) is 4.40. The molecule has 0 bridgehead atoms. The van der Waals surface area contributed by atoms with Gasteiger partial charge in [0.15, 0.2) is 11.5 Å². The molecule has 1 N–H and O–H groups in total. The highest BCUT2D eigenvalue weighted by molar-refractivity contribution is 5.96. The van der Waals surface area contributed by atoms with Gasteiger partial charge in [-0.2, -0.15) is 0 Å². The Morgan fingerprint density at radius 1 is 1.08 bits per heavy atom. The van der Waals surface area contributed by atoms with Crippen molar-refractivity contribution in [1.29, 1.82) is 0 Å². The summed E-state index contributed by atoms with van der Waals surface area (Å²) in [6.07, 6.45) is 1.24. The first-order valence-electron chi connectivity index (χ1n) is 7.76. The third-order valence-electron chi connectivity index (χ3n) is 4.40. The van der Waals surface area contributed by atoms with Crippen molar-refractivity contribution in [3.63, 3.8) is 0 Å². The van der Waals surface area contributed by atoms with E-state index in [9.17, 15) is 14.7 Å². The predicted molar refractivity (Wildman–Crippen MR) is 87.0 cm³/mol. The number of hydrogen-bond acceptors (Lipinski definition) is 5. The van der Waals surface area contributed by atoms with E-state index >= 15 is 0 Å². The van der Waals surface area contributed by atoms with Crippen molar-refractivity contribution in [3.05, 3.63) is 17.7 Å². The summed E-state index contributed by atoms with van der Waals surface area (Å²) in [6, 6.07) is 3.15. The number of piperidine rings is 1. The van der Waals surface area contributed by atoms with E-state index in [0.29, 0.717) is 35.7 Å². The smallest absolute Gasteiger partial charge is 0.308 e. The van der Waals surface area contributed by atoms with Crippen LogP contribution < -0.4 is 14.2 Å². The maximum absolute atomic E-state index is 12.9. The summed E-state index contributed by atoms with van der Waals surface area (Å²) < 4.78 is 15.8. The van der Waals surface area contributed by atoms with E-state index in [1.165, 1.54) is 21.3 Å². The van der Waals surface area contributed by atoms with E-state index in [4.69, 9.17) is 14.2 Å². The van der Waals surface area contributed by atoms with Crippen molar-refractivity contribution < 1.29 is 28.9 Å². The molecule has 1 heterocycles. The molecule has 1 aromatic rings. The molecule has 0 aliphatic carbocycles. The van der Waals surface area contributed by atoms with Crippen LogP contribution in [0.3, 0.4) is 0 Å². The number of carbonyl (C=O) groups excluding carboxylic acids is 1. The fraction of sp³-hybridized carbons (Fsp3) is 0.529. The van der Waals surface area contributed by atoms with Gasteiger partial charge in [0.25, 0.3) is 5.91 Å². The number of carbonyl (C=O) groups is 2. The van der Waals surface area contributed by atoms with Crippen molar-refractivity contribution in [3.8, 4) is 17.2 Å². The first kappa shape index (κ1) is 17.9. The molecule has 132 valence electrons. The van der Waals surface area contributed by atoms with Crippen LogP contribution in [-0.2, 0) is 4.79 Å². The highest BCUT2D eigenvalue weighted by atomic mass is 16.5. The zero-order valence-electron chi connectivity index (χ0n) is 14.4. The quantitative estimate of drug-likeness (QED) is 0.885. The number of rotatable bonds is 5. The molecule has 7 heteroatoms. The molecule has 1 aromatic carbocycles. The minimum absolute atomic E-state index is 0.0211. The molecular weight excluding hydrogens is 314 g/mol. The molecule has 1 saturated heterocycles. The molecule has 0 saturated carbocycles. The number of likely N-dealkylation sites (tertiary alicyclic amines) is 1. The highest BCUT2D eigenvalue weighted by Gasteiger charge is 2.33. The Labute approximate surface area is 141 Å². The first-order chi connectivity index (χ1) is 11.4. The van der Waals surface area contributed by atoms with Gasteiger partial charge in [-0.25, -0.2) is 0 Å². The second kappa shape index (κ2) is 7.42. The van der Waals surface area contributed by atoms with Gasteiger partial charge >= 0.3 is 5.97 Å². The standard InChI is InChI=1S/C17H23NO6/c1-10-5-6-11(17(20)21)9-18(10)16(19)12-7-13(22-2)15(24-4)14(8-12)23-3/h7-8,10-11H,5-6,9H2,1-4H3,(H,20,21). The number of carboxylic acid groups (broad SMARTS) is 1. The lowest BCUT2D eigenvalue weighted by molar-refractivity contribution is -0.143. The Bertz CT molecular complexity index is 605. The Balaban J connectivity index is 2.36. The van der Waals surface area contributed by atoms with Gasteiger partial charge in [0.05, 0.1) is 27.2 Å².